The van der Waals surface area contributed by atoms with Crippen LogP contribution in [0.5, 0.6) is 0 Å². The topological polar surface area (TPSA) is 57.4 Å². The summed E-state index contributed by atoms with van der Waals surface area (Å²) >= 11 is 0. The minimum Gasteiger partial charge on any atom is -0.352 e. The molecule has 0 spiro atoms. The first-order valence-electron chi connectivity index (χ1n) is 5.30. The maximum atomic E-state index is 9.30. The van der Waals surface area contributed by atoms with Crippen molar-refractivity contribution in [2.24, 2.45) is 7.05 Å². The van der Waals surface area contributed by atoms with Crippen molar-refractivity contribution in [3.8, 4) is 17.5 Å². The number of hydrogen-bond acceptors (Lipinski definition) is 2. The summed E-state index contributed by atoms with van der Waals surface area (Å²) in [7, 11) is 1.86. The molecule has 0 bridgehead atoms. The van der Waals surface area contributed by atoms with Gasteiger partial charge in [0.05, 0.1) is 17.0 Å². The third-order valence-electron chi connectivity index (χ3n) is 2.89. The number of para-hydroxylation sites is 1. The highest BCUT2D eigenvalue weighted by Crippen LogP contribution is 2.28. The number of nitrogens with one attached hydrogen (secondary N) is 1. The molecule has 0 atom stereocenters. The second-order valence-corrected chi connectivity index (χ2v) is 3.87. The van der Waals surface area contributed by atoms with Gasteiger partial charge in [-0.1, -0.05) is 18.2 Å². The standard InChI is InChI=1S/C13H10N4/c1-17-12(6-7-15-17)13-10(8-14)9-4-2-3-5-11(9)16-13/h2-7,16H,1H3. The van der Waals surface area contributed by atoms with E-state index in [1.807, 2.05) is 37.4 Å². The number of aromatic amines is 1. The van der Waals surface area contributed by atoms with Crippen molar-refractivity contribution in [3.05, 3.63) is 42.1 Å². The Morgan fingerprint density at radius 3 is 2.82 bits per heavy atom. The van der Waals surface area contributed by atoms with E-state index in [9.17, 15) is 5.26 Å². The van der Waals surface area contributed by atoms with E-state index >= 15 is 0 Å². The highest BCUT2D eigenvalue weighted by Gasteiger charge is 2.14. The van der Waals surface area contributed by atoms with Crippen LogP contribution >= 0.6 is 0 Å². The number of benzene rings is 1. The predicted molar refractivity (Wildman–Crippen MR) is 65.2 cm³/mol. The number of fused-ring (bicyclic) bond motifs is 1. The van der Waals surface area contributed by atoms with Crippen molar-refractivity contribution in [3.63, 3.8) is 0 Å². The molecule has 3 aromatic rings. The molecule has 1 N–H and O–H groups in total. The zero-order valence-corrected chi connectivity index (χ0v) is 9.31. The second kappa shape index (κ2) is 3.49. The van der Waals surface area contributed by atoms with Crippen LogP contribution < -0.4 is 0 Å². The van der Waals surface area contributed by atoms with E-state index < -0.39 is 0 Å². The molecule has 2 aromatic heterocycles. The Labute approximate surface area is 98.1 Å². The highest BCUT2D eigenvalue weighted by molar-refractivity contribution is 5.92. The largest absolute Gasteiger partial charge is 0.352 e. The average molecular weight is 222 g/mol. The van der Waals surface area contributed by atoms with Crippen LogP contribution in [0.25, 0.3) is 22.3 Å². The molecule has 3 rings (SSSR count). The minimum atomic E-state index is 0.671. The van der Waals surface area contributed by atoms with Crippen molar-refractivity contribution >= 4 is 10.9 Å². The van der Waals surface area contributed by atoms with E-state index in [1.165, 1.54) is 0 Å². The molecular weight excluding hydrogens is 212 g/mol. The molecule has 82 valence electrons. The summed E-state index contributed by atoms with van der Waals surface area (Å²) in [4.78, 5) is 3.28. The van der Waals surface area contributed by atoms with Gasteiger partial charge in [0, 0.05) is 24.1 Å². The van der Waals surface area contributed by atoms with Crippen LogP contribution in [-0.4, -0.2) is 14.8 Å². The van der Waals surface area contributed by atoms with Gasteiger partial charge in [0.2, 0.25) is 0 Å². The van der Waals surface area contributed by atoms with Gasteiger partial charge < -0.3 is 4.98 Å². The van der Waals surface area contributed by atoms with E-state index in [0.717, 1.165) is 22.3 Å². The first-order valence-corrected chi connectivity index (χ1v) is 5.30. The fourth-order valence-corrected chi connectivity index (χ4v) is 2.07. The summed E-state index contributed by atoms with van der Waals surface area (Å²) in [5.41, 5.74) is 3.39. The van der Waals surface area contributed by atoms with Gasteiger partial charge in [-0.15, -0.1) is 0 Å². The Balaban J connectivity index is 2.38. The Morgan fingerprint density at radius 2 is 2.12 bits per heavy atom. The average Bonchev–Trinajstić information content (AvgIpc) is 2.91. The van der Waals surface area contributed by atoms with Crippen molar-refractivity contribution in [2.75, 3.05) is 0 Å². The lowest BCUT2D eigenvalue weighted by atomic mass is 10.1. The number of aryl methyl sites for hydroxylation is 1. The lowest BCUT2D eigenvalue weighted by Crippen LogP contribution is -1.94. The summed E-state index contributed by atoms with van der Waals surface area (Å²) in [6.07, 6.45) is 1.72. The maximum absolute atomic E-state index is 9.30. The number of H-pyrrole nitrogens is 1. The van der Waals surface area contributed by atoms with Gasteiger partial charge in [0.1, 0.15) is 6.07 Å². The highest BCUT2D eigenvalue weighted by atomic mass is 15.3. The van der Waals surface area contributed by atoms with E-state index in [1.54, 1.807) is 10.9 Å². The predicted octanol–water partition coefficient (Wildman–Crippen LogP) is 2.44. The maximum Gasteiger partial charge on any atom is 0.102 e. The first-order chi connectivity index (χ1) is 8.31. The van der Waals surface area contributed by atoms with E-state index in [0.29, 0.717) is 5.56 Å². The zero-order valence-electron chi connectivity index (χ0n) is 9.31. The molecule has 1 aromatic carbocycles. The molecule has 0 aliphatic rings. The van der Waals surface area contributed by atoms with Crippen LogP contribution in [0.3, 0.4) is 0 Å². The Hall–Kier alpha value is -2.54. The van der Waals surface area contributed by atoms with Gasteiger partial charge >= 0.3 is 0 Å². The summed E-state index contributed by atoms with van der Waals surface area (Å²) in [5, 5.41) is 14.4. The lowest BCUT2D eigenvalue weighted by molar-refractivity contribution is 0.774. The Morgan fingerprint density at radius 1 is 1.29 bits per heavy atom. The zero-order chi connectivity index (χ0) is 11.8. The number of nitrogens with zero attached hydrogens (tertiary/aromatic N) is 3. The van der Waals surface area contributed by atoms with E-state index in [4.69, 9.17) is 0 Å². The Kier molecular flexibility index (Phi) is 1.99. The quantitative estimate of drug-likeness (QED) is 0.687. The van der Waals surface area contributed by atoms with E-state index in [-0.39, 0.29) is 0 Å². The van der Waals surface area contributed by atoms with Gasteiger partial charge in [-0.2, -0.15) is 10.4 Å². The molecule has 0 aliphatic carbocycles. The van der Waals surface area contributed by atoms with Crippen LogP contribution in [0.1, 0.15) is 5.56 Å². The normalized spacial score (nSPS) is 10.6. The first kappa shape index (κ1) is 9.67. The molecule has 4 nitrogen and oxygen atoms in total. The molecule has 17 heavy (non-hydrogen) atoms. The van der Waals surface area contributed by atoms with Gasteiger partial charge in [0.25, 0.3) is 0 Å². The molecule has 0 radical (unpaired) electrons. The third kappa shape index (κ3) is 1.33. The van der Waals surface area contributed by atoms with E-state index in [2.05, 4.69) is 16.2 Å². The van der Waals surface area contributed by atoms with Crippen LogP contribution in [0.2, 0.25) is 0 Å². The van der Waals surface area contributed by atoms with Crippen molar-refractivity contribution in [1.82, 2.24) is 14.8 Å². The fourth-order valence-electron chi connectivity index (χ4n) is 2.07. The lowest BCUT2D eigenvalue weighted by Gasteiger charge is -1.98. The minimum absolute atomic E-state index is 0.671. The van der Waals surface area contributed by atoms with Crippen molar-refractivity contribution in [1.29, 1.82) is 5.26 Å². The molecule has 2 heterocycles. The number of aromatic nitrogens is 3. The summed E-state index contributed by atoms with van der Waals surface area (Å²) in [5.74, 6) is 0. The molecule has 0 saturated heterocycles. The fraction of sp³-hybridized carbons (Fsp3) is 0.0769. The van der Waals surface area contributed by atoms with Crippen molar-refractivity contribution < 1.29 is 0 Å². The smallest absolute Gasteiger partial charge is 0.102 e. The Bertz CT molecular complexity index is 727. The summed E-state index contributed by atoms with van der Waals surface area (Å²) in [6, 6.07) is 12.0. The molecule has 0 aliphatic heterocycles. The number of nitriles is 1. The molecule has 0 unspecified atom stereocenters. The SMILES string of the molecule is Cn1nccc1-c1[nH]c2ccccc2c1C#N. The second-order valence-electron chi connectivity index (χ2n) is 3.87. The monoisotopic (exact) mass is 222 g/mol. The molecule has 0 fully saturated rings. The van der Waals surface area contributed by atoms with Gasteiger partial charge in [-0.3, -0.25) is 4.68 Å². The molecule has 0 amide bonds. The summed E-state index contributed by atoms with van der Waals surface area (Å²) < 4.78 is 1.76. The van der Waals surface area contributed by atoms with Crippen LogP contribution in [0.4, 0.5) is 0 Å². The van der Waals surface area contributed by atoms with Gasteiger partial charge in [-0.05, 0) is 12.1 Å². The number of hydrogen-bond donors (Lipinski definition) is 1. The van der Waals surface area contributed by atoms with Crippen LogP contribution in [0.15, 0.2) is 36.5 Å². The van der Waals surface area contributed by atoms with Gasteiger partial charge in [-0.25, -0.2) is 0 Å². The number of rotatable bonds is 1. The van der Waals surface area contributed by atoms with Crippen LogP contribution in [-0.2, 0) is 7.05 Å². The van der Waals surface area contributed by atoms with Gasteiger partial charge in [0.15, 0.2) is 0 Å². The molecule has 4 heteroatoms. The molecular formula is C13H10N4. The van der Waals surface area contributed by atoms with Crippen molar-refractivity contribution in [2.45, 2.75) is 0 Å². The third-order valence-corrected chi connectivity index (χ3v) is 2.89. The summed E-state index contributed by atoms with van der Waals surface area (Å²) in [6.45, 7) is 0. The molecule has 0 saturated carbocycles. The van der Waals surface area contributed by atoms with Crippen LogP contribution in [0, 0.1) is 11.3 Å².